The Hall–Kier alpha value is -1.56. The number of halogens is 1. The van der Waals surface area contributed by atoms with Crippen LogP contribution in [0.4, 0.5) is 4.39 Å². The number of carboxylic acid groups (broad SMARTS) is 1. The number of carbonyl (C=O) groups is 2. The summed E-state index contributed by atoms with van der Waals surface area (Å²) in [5, 5.41) is 11.2. The Morgan fingerprint density at radius 2 is 2.00 bits per heavy atom. The van der Waals surface area contributed by atoms with Crippen molar-refractivity contribution >= 4 is 23.6 Å². The standard InChI is InChI=1S/C15H20FNO3S/c1-9(2)6-7-17-14(18)10(3)21-13-8-11(15(19)20)4-5-12(13)16/h4-5,8-10H,6-7H2,1-3H3,(H,17,18)(H,19,20). The molecule has 0 aliphatic heterocycles. The van der Waals surface area contributed by atoms with Gasteiger partial charge in [0, 0.05) is 11.4 Å². The van der Waals surface area contributed by atoms with Gasteiger partial charge in [0.1, 0.15) is 5.82 Å². The van der Waals surface area contributed by atoms with Crippen LogP contribution in [0, 0.1) is 11.7 Å². The topological polar surface area (TPSA) is 66.4 Å². The number of carboxylic acids is 1. The van der Waals surface area contributed by atoms with E-state index < -0.39 is 17.0 Å². The third-order valence-corrected chi connectivity index (χ3v) is 4.01. The summed E-state index contributed by atoms with van der Waals surface area (Å²) < 4.78 is 13.7. The second-order valence-corrected chi connectivity index (χ2v) is 6.57. The van der Waals surface area contributed by atoms with E-state index in [2.05, 4.69) is 19.2 Å². The average molecular weight is 313 g/mol. The normalized spacial score (nSPS) is 12.2. The van der Waals surface area contributed by atoms with Crippen LogP contribution >= 0.6 is 11.8 Å². The minimum atomic E-state index is -1.12. The van der Waals surface area contributed by atoms with Gasteiger partial charge in [0.15, 0.2) is 0 Å². The van der Waals surface area contributed by atoms with E-state index in [4.69, 9.17) is 5.11 Å². The number of rotatable bonds is 7. The predicted octanol–water partition coefficient (Wildman–Crippen LogP) is 3.17. The lowest BCUT2D eigenvalue weighted by Gasteiger charge is -2.13. The molecule has 0 aliphatic carbocycles. The zero-order chi connectivity index (χ0) is 16.0. The van der Waals surface area contributed by atoms with Crippen molar-refractivity contribution in [1.29, 1.82) is 0 Å². The highest BCUT2D eigenvalue weighted by Gasteiger charge is 2.17. The average Bonchev–Trinajstić information content (AvgIpc) is 2.40. The van der Waals surface area contributed by atoms with Crippen LogP contribution in [-0.2, 0) is 4.79 Å². The summed E-state index contributed by atoms with van der Waals surface area (Å²) in [5.41, 5.74) is 0.00585. The Balaban J connectivity index is 2.65. The van der Waals surface area contributed by atoms with Crippen LogP contribution in [0.2, 0.25) is 0 Å². The molecule has 0 spiro atoms. The van der Waals surface area contributed by atoms with Crippen LogP contribution in [0.25, 0.3) is 0 Å². The molecule has 0 aromatic heterocycles. The third-order valence-electron chi connectivity index (χ3n) is 2.87. The summed E-state index contributed by atoms with van der Waals surface area (Å²) >= 11 is 1.02. The molecule has 1 amide bonds. The summed E-state index contributed by atoms with van der Waals surface area (Å²) in [4.78, 5) is 22.9. The molecule has 1 aromatic carbocycles. The van der Waals surface area contributed by atoms with E-state index in [1.54, 1.807) is 6.92 Å². The fourth-order valence-corrected chi connectivity index (χ4v) is 2.55. The van der Waals surface area contributed by atoms with Gasteiger partial charge in [0.2, 0.25) is 5.91 Å². The lowest BCUT2D eigenvalue weighted by molar-refractivity contribution is -0.120. The number of thioether (sulfide) groups is 1. The third kappa shape index (κ3) is 5.75. The van der Waals surface area contributed by atoms with Gasteiger partial charge < -0.3 is 10.4 Å². The number of hydrogen-bond donors (Lipinski definition) is 2. The zero-order valence-electron chi connectivity index (χ0n) is 12.4. The van der Waals surface area contributed by atoms with Crippen molar-refractivity contribution in [3.8, 4) is 0 Å². The first kappa shape index (κ1) is 17.5. The maximum absolute atomic E-state index is 13.7. The summed E-state index contributed by atoms with van der Waals surface area (Å²) in [6.07, 6.45) is 0.881. The Kier molecular flexibility index (Phi) is 6.68. The maximum atomic E-state index is 13.7. The molecule has 6 heteroatoms. The van der Waals surface area contributed by atoms with E-state index in [9.17, 15) is 14.0 Å². The van der Waals surface area contributed by atoms with Gasteiger partial charge in [-0.1, -0.05) is 13.8 Å². The molecule has 0 radical (unpaired) electrons. The first-order chi connectivity index (χ1) is 9.81. The van der Waals surface area contributed by atoms with E-state index >= 15 is 0 Å². The van der Waals surface area contributed by atoms with Gasteiger partial charge in [-0.05, 0) is 37.5 Å². The number of aromatic carboxylic acids is 1. The second-order valence-electron chi connectivity index (χ2n) is 5.18. The number of carbonyl (C=O) groups excluding carboxylic acids is 1. The molecule has 1 rings (SSSR count). The van der Waals surface area contributed by atoms with Gasteiger partial charge in [-0.25, -0.2) is 9.18 Å². The molecule has 4 nitrogen and oxygen atoms in total. The SMILES string of the molecule is CC(C)CCNC(=O)C(C)Sc1cc(C(=O)O)ccc1F. The quantitative estimate of drug-likeness (QED) is 0.759. The summed E-state index contributed by atoms with van der Waals surface area (Å²) in [5.74, 6) is -1.32. The van der Waals surface area contributed by atoms with Crippen molar-refractivity contribution < 1.29 is 19.1 Å². The monoisotopic (exact) mass is 313 g/mol. The number of nitrogens with one attached hydrogen (secondary N) is 1. The van der Waals surface area contributed by atoms with Crippen LogP contribution in [0.3, 0.4) is 0 Å². The summed E-state index contributed by atoms with van der Waals surface area (Å²) in [6.45, 7) is 6.38. The highest BCUT2D eigenvalue weighted by molar-refractivity contribution is 8.00. The molecule has 116 valence electrons. The molecule has 0 saturated carbocycles. The molecule has 0 heterocycles. The van der Waals surface area contributed by atoms with Crippen molar-refractivity contribution in [3.63, 3.8) is 0 Å². The van der Waals surface area contributed by atoms with Crippen LogP contribution < -0.4 is 5.32 Å². The van der Waals surface area contributed by atoms with Crippen LogP contribution in [0.5, 0.6) is 0 Å². The fraction of sp³-hybridized carbons (Fsp3) is 0.467. The van der Waals surface area contributed by atoms with Crippen LogP contribution in [0.1, 0.15) is 37.6 Å². The number of hydrogen-bond acceptors (Lipinski definition) is 3. The summed E-state index contributed by atoms with van der Waals surface area (Å²) in [7, 11) is 0. The zero-order valence-corrected chi connectivity index (χ0v) is 13.2. The molecular weight excluding hydrogens is 293 g/mol. The molecule has 0 saturated heterocycles. The van der Waals surface area contributed by atoms with E-state index in [0.717, 1.165) is 24.2 Å². The lowest BCUT2D eigenvalue weighted by atomic mass is 10.1. The molecule has 2 N–H and O–H groups in total. The van der Waals surface area contributed by atoms with Gasteiger partial charge in [0.25, 0.3) is 0 Å². The fourth-order valence-electron chi connectivity index (χ4n) is 1.60. The smallest absolute Gasteiger partial charge is 0.335 e. The first-order valence-corrected chi connectivity index (χ1v) is 7.66. The van der Waals surface area contributed by atoms with Crippen molar-refractivity contribution in [2.75, 3.05) is 6.54 Å². The Bertz CT molecular complexity index is 520. The van der Waals surface area contributed by atoms with Gasteiger partial charge in [-0.3, -0.25) is 4.79 Å². The van der Waals surface area contributed by atoms with E-state index in [1.807, 2.05) is 0 Å². The first-order valence-electron chi connectivity index (χ1n) is 6.78. The van der Waals surface area contributed by atoms with E-state index in [-0.39, 0.29) is 16.4 Å². The Morgan fingerprint density at radius 1 is 1.33 bits per heavy atom. The van der Waals surface area contributed by atoms with Gasteiger partial charge in [0.05, 0.1) is 10.8 Å². The van der Waals surface area contributed by atoms with Crippen molar-refractivity contribution in [3.05, 3.63) is 29.6 Å². The highest BCUT2D eigenvalue weighted by atomic mass is 32.2. The van der Waals surface area contributed by atoms with Gasteiger partial charge in [-0.15, -0.1) is 11.8 Å². The molecule has 1 unspecified atom stereocenters. The minimum Gasteiger partial charge on any atom is -0.478 e. The van der Waals surface area contributed by atoms with E-state index in [1.165, 1.54) is 12.1 Å². The maximum Gasteiger partial charge on any atom is 0.335 e. The molecule has 1 aromatic rings. The minimum absolute atomic E-state index is 0.00585. The largest absolute Gasteiger partial charge is 0.478 e. The van der Waals surface area contributed by atoms with Gasteiger partial charge in [-0.2, -0.15) is 0 Å². The predicted molar refractivity (Wildman–Crippen MR) is 81.1 cm³/mol. The van der Waals surface area contributed by atoms with Crippen molar-refractivity contribution in [2.45, 2.75) is 37.3 Å². The van der Waals surface area contributed by atoms with E-state index in [0.29, 0.717) is 12.5 Å². The molecule has 21 heavy (non-hydrogen) atoms. The van der Waals surface area contributed by atoms with Gasteiger partial charge >= 0.3 is 5.97 Å². The number of benzene rings is 1. The van der Waals surface area contributed by atoms with Crippen LogP contribution in [0.15, 0.2) is 23.1 Å². The molecule has 1 atom stereocenters. The second kappa shape index (κ2) is 8.02. The Labute approximate surface area is 128 Å². The molecular formula is C15H20FNO3S. The highest BCUT2D eigenvalue weighted by Crippen LogP contribution is 2.27. The molecule has 0 bridgehead atoms. The lowest BCUT2D eigenvalue weighted by Crippen LogP contribution is -2.32. The van der Waals surface area contributed by atoms with Crippen molar-refractivity contribution in [2.24, 2.45) is 5.92 Å². The Morgan fingerprint density at radius 3 is 2.57 bits per heavy atom. The number of amides is 1. The van der Waals surface area contributed by atoms with Crippen LogP contribution in [-0.4, -0.2) is 28.8 Å². The molecule has 0 aliphatic rings. The van der Waals surface area contributed by atoms with Crippen molar-refractivity contribution in [1.82, 2.24) is 5.32 Å². The molecule has 0 fully saturated rings. The summed E-state index contributed by atoms with van der Waals surface area (Å²) in [6, 6.07) is 3.56.